The molecule has 192 valence electrons. The molecule has 0 unspecified atom stereocenters. The standard InChI is InChI=1S/C37H36BN/c1-36(2,3)26-16-20-28(21-17-26)38(29-22-18-27(19-23-29)37(4,5)6)35-32-24-15-25-11-7-8-12-30(25)34(32)31-13-9-10-14-33(31)39-35/h7-24H,1-6H3. The van der Waals surface area contributed by atoms with E-state index in [1.807, 2.05) is 0 Å². The van der Waals surface area contributed by atoms with Gasteiger partial charge in [0.1, 0.15) is 0 Å². The molecule has 5 aromatic carbocycles. The second kappa shape index (κ2) is 9.38. The summed E-state index contributed by atoms with van der Waals surface area (Å²) < 4.78 is 0. The Labute approximate surface area is 233 Å². The van der Waals surface area contributed by atoms with Crippen molar-refractivity contribution < 1.29 is 0 Å². The van der Waals surface area contributed by atoms with Crippen molar-refractivity contribution in [2.24, 2.45) is 0 Å². The highest BCUT2D eigenvalue weighted by Crippen LogP contribution is 2.31. The van der Waals surface area contributed by atoms with Crippen molar-refractivity contribution in [3.05, 3.63) is 120 Å². The second-order valence-electron chi connectivity index (χ2n) is 12.9. The first-order chi connectivity index (χ1) is 18.6. The molecule has 0 bridgehead atoms. The summed E-state index contributed by atoms with van der Waals surface area (Å²) in [5.41, 5.74) is 7.59. The summed E-state index contributed by atoms with van der Waals surface area (Å²) in [6.07, 6.45) is 0. The number of fused-ring (bicyclic) bond motifs is 5. The van der Waals surface area contributed by atoms with Crippen LogP contribution in [0.3, 0.4) is 0 Å². The predicted molar refractivity (Wildman–Crippen MR) is 172 cm³/mol. The highest BCUT2D eigenvalue weighted by molar-refractivity contribution is 6.96. The van der Waals surface area contributed by atoms with Gasteiger partial charge in [0.2, 0.25) is 0 Å². The molecule has 6 rings (SSSR count). The van der Waals surface area contributed by atoms with Gasteiger partial charge < -0.3 is 0 Å². The normalized spacial score (nSPS) is 12.4. The van der Waals surface area contributed by atoms with Crippen molar-refractivity contribution >= 4 is 55.7 Å². The summed E-state index contributed by atoms with van der Waals surface area (Å²) in [5, 5.41) is 6.25. The Morgan fingerprint density at radius 3 is 1.56 bits per heavy atom. The van der Waals surface area contributed by atoms with Crippen LogP contribution < -0.4 is 16.5 Å². The van der Waals surface area contributed by atoms with E-state index in [1.165, 1.54) is 49.0 Å². The fraction of sp³-hybridized carbons (Fsp3) is 0.216. The number of aromatic nitrogens is 1. The molecule has 39 heavy (non-hydrogen) atoms. The van der Waals surface area contributed by atoms with E-state index in [1.54, 1.807) is 0 Å². The molecule has 0 N–H and O–H groups in total. The van der Waals surface area contributed by atoms with Crippen molar-refractivity contribution in [2.45, 2.75) is 52.4 Å². The van der Waals surface area contributed by atoms with Crippen LogP contribution in [0.5, 0.6) is 0 Å². The number of hydrogen-bond donors (Lipinski definition) is 0. The first kappa shape index (κ1) is 25.4. The number of nitrogens with zero attached hydrogens (tertiary/aromatic N) is 1. The molecule has 0 atom stereocenters. The number of para-hydroxylation sites is 1. The Morgan fingerprint density at radius 1 is 0.487 bits per heavy atom. The molecule has 1 heterocycles. The lowest BCUT2D eigenvalue weighted by Crippen LogP contribution is -2.53. The average molecular weight is 506 g/mol. The molecule has 0 saturated carbocycles. The number of rotatable bonds is 3. The second-order valence-corrected chi connectivity index (χ2v) is 12.9. The summed E-state index contributed by atoms with van der Waals surface area (Å²) in [7, 11) is 0. The van der Waals surface area contributed by atoms with Crippen molar-refractivity contribution in [3.8, 4) is 0 Å². The lowest BCUT2D eigenvalue weighted by molar-refractivity contribution is 0.590. The lowest BCUT2D eigenvalue weighted by Gasteiger charge is -2.23. The Morgan fingerprint density at radius 2 is 1.00 bits per heavy atom. The molecule has 0 fully saturated rings. The highest BCUT2D eigenvalue weighted by Gasteiger charge is 2.28. The minimum atomic E-state index is 0.0151. The molecule has 0 spiro atoms. The van der Waals surface area contributed by atoms with Gasteiger partial charge in [-0.15, -0.1) is 0 Å². The third kappa shape index (κ3) is 4.63. The first-order valence-corrected chi connectivity index (χ1v) is 14.0. The van der Waals surface area contributed by atoms with Crippen LogP contribution in [-0.4, -0.2) is 11.7 Å². The van der Waals surface area contributed by atoms with Crippen LogP contribution in [0.25, 0.3) is 32.4 Å². The smallest absolute Gasteiger partial charge is 0.261 e. The predicted octanol–water partition coefficient (Wildman–Crippen LogP) is 7.65. The number of benzene rings is 5. The maximum absolute atomic E-state index is 5.41. The minimum absolute atomic E-state index is 0.0151. The van der Waals surface area contributed by atoms with Crippen LogP contribution in [0.2, 0.25) is 0 Å². The maximum atomic E-state index is 5.41. The zero-order chi connectivity index (χ0) is 27.4. The zero-order valence-corrected chi connectivity index (χ0v) is 23.9. The molecule has 0 aliphatic rings. The summed E-state index contributed by atoms with van der Waals surface area (Å²) >= 11 is 0. The molecule has 0 aliphatic carbocycles. The third-order valence-corrected chi connectivity index (χ3v) is 8.11. The minimum Gasteiger partial charge on any atom is -0.261 e. The zero-order valence-electron chi connectivity index (χ0n) is 23.9. The van der Waals surface area contributed by atoms with E-state index < -0.39 is 0 Å². The molecular formula is C37H36BN. The van der Waals surface area contributed by atoms with Gasteiger partial charge in [0.25, 0.3) is 6.71 Å². The Bertz CT molecular complexity index is 1730. The SMILES string of the molecule is CC(C)(C)c1ccc(B(c2ccc(C(C)(C)C)cc2)c2nc3ccccc3c3c2ccc2ccccc23)cc1. The van der Waals surface area contributed by atoms with Crippen LogP contribution >= 0.6 is 0 Å². The first-order valence-electron chi connectivity index (χ1n) is 14.0. The van der Waals surface area contributed by atoms with Gasteiger partial charge in [-0.05, 0) is 49.6 Å². The van der Waals surface area contributed by atoms with E-state index in [9.17, 15) is 0 Å². The summed E-state index contributed by atoms with van der Waals surface area (Å²) in [6.45, 7) is 13.6. The van der Waals surface area contributed by atoms with E-state index in [0.717, 1.165) is 11.1 Å². The van der Waals surface area contributed by atoms with Gasteiger partial charge in [0.05, 0.1) is 5.52 Å². The summed E-state index contributed by atoms with van der Waals surface area (Å²) in [5.74, 6) is 0. The largest absolute Gasteiger partial charge is 0.266 e. The van der Waals surface area contributed by atoms with Gasteiger partial charge in [0.15, 0.2) is 0 Å². The highest BCUT2D eigenvalue weighted by atomic mass is 14.7. The molecule has 0 saturated heterocycles. The van der Waals surface area contributed by atoms with Crippen LogP contribution in [0, 0.1) is 0 Å². The molecule has 0 radical (unpaired) electrons. The van der Waals surface area contributed by atoms with E-state index in [-0.39, 0.29) is 17.5 Å². The molecule has 2 heteroatoms. The molecule has 0 amide bonds. The van der Waals surface area contributed by atoms with Crippen LogP contribution in [0.15, 0.2) is 109 Å². The fourth-order valence-corrected chi connectivity index (χ4v) is 5.83. The van der Waals surface area contributed by atoms with Gasteiger partial charge >= 0.3 is 0 Å². The van der Waals surface area contributed by atoms with Crippen molar-refractivity contribution in [1.82, 2.24) is 4.98 Å². The van der Waals surface area contributed by atoms with Crippen molar-refractivity contribution in [1.29, 1.82) is 0 Å². The van der Waals surface area contributed by atoms with E-state index in [0.29, 0.717) is 0 Å². The molecule has 6 aromatic rings. The van der Waals surface area contributed by atoms with Gasteiger partial charge in [-0.3, -0.25) is 4.98 Å². The Balaban J connectivity index is 1.67. The van der Waals surface area contributed by atoms with Crippen molar-refractivity contribution in [3.63, 3.8) is 0 Å². The third-order valence-electron chi connectivity index (χ3n) is 8.11. The van der Waals surface area contributed by atoms with Gasteiger partial charge in [-0.25, -0.2) is 0 Å². The summed E-state index contributed by atoms with van der Waals surface area (Å²) in [4.78, 5) is 5.41. The number of pyridine rings is 1. The van der Waals surface area contributed by atoms with Gasteiger partial charge in [-0.2, -0.15) is 0 Å². The molecular weight excluding hydrogens is 469 g/mol. The molecule has 0 aliphatic heterocycles. The topological polar surface area (TPSA) is 12.9 Å². The lowest BCUT2D eigenvalue weighted by atomic mass is 9.37. The molecule has 1 aromatic heterocycles. The Kier molecular flexibility index (Phi) is 6.10. The van der Waals surface area contributed by atoms with E-state index in [4.69, 9.17) is 4.98 Å². The summed E-state index contributed by atoms with van der Waals surface area (Å²) in [6, 6.07) is 40.3. The van der Waals surface area contributed by atoms with Gasteiger partial charge in [0, 0.05) is 11.0 Å². The maximum Gasteiger partial charge on any atom is 0.266 e. The quantitative estimate of drug-likeness (QED) is 0.178. The monoisotopic (exact) mass is 505 g/mol. The van der Waals surface area contributed by atoms with Crippen LogP contribution in [-0.2, 0) is 10.8 Å². The van der Waals surface area contributed by atoms with E-state index in [2.05, 4.69) is 151 Å². The van der Waals surface area contributed by atoms with Gasteiger partial charge in [-0.1, -0.05) is 156 Å². The number of hydrogen-bond acceptors (Lipinski definition) is 1. The average Bonchev–Trinajstić information content (AvgIpc) is 2.92. The van der Waals surface area contributed by atoms with E-state index >= 15 is 0 Å². The van der Waals surface area contributed by atoms with Crippen molar-refractivity contribution in [2.75, 3.05) is 0 Å². The molecule has 1 nitrogen and oxygen atoms in total. The van der Waals surface area contributed by atoms with Crippen LogP contribution in [0.4, 0.5) is 0 Å². The fourth-order valence-electron chi connectivity index (χ4n) is 5.83. The Hall–Kier alpha value is -3.91. The van der Waals surface area contributed by atoms with Crippen LogP contribution in [0.1, 0.15) is 52.7 Å².